The van der Waals surface area contributed by atoms with Crippen molar-refractivity contribution >= 4 is 0 Å². The van der Waals surface area contributed by atoms with Gasteiger partial charge in [-0.1, -0.05) is 35.9 Å². The van der Waals surface area contributed by atoms with Gasteiger partial charge < -0.3 is 19.9 Å². The molecule has 0 aromatic heterocycles. The topological polar surface area (TPSA) is 50.7 Å². The van der Waals surface area contributed by atoms with Gasteiger partial charge in [0.15, 0.2) is 11.5 Å². The standard InChI is InChI=1S/C20H27NO3/c1-4-23-20-11-18(13-21-12-16(3)22)9-10-19(20)24-14-17-7-5-15(2)6-8-17/h5-11,16,21-22H,4,12-14H2,1-3H3. The van der Waals surface area contributed by atoms with Crippen LogP contribution >= 0.6 is 0 Å². The predicted molar refractivity (Wildman–Crippen MR) is 96.5 cm³/mol. The fourth-order valence-electron chi connectivity index (χ4n) is 2.32. The molecule has 0 saturated carbocycles. The van der Waals surface area contributed by atoms with Gasteiger partial charge in [0, 0.05) is 13.1 Å². The van der Waals surface area contributed by atoms with E-state index in [9.17, 15) is 5.11 Å². The second-order valence-corrected chi connectivity index (χ2v) is 5.97. The number of hydrogen-bond acceptors (Lipinski definition) is 4. The molecule has 0 fully saturated rings. The number of ether oxygens (including phenoxy) is 2. The van der Waals surface area contributed by atoms with Crippen LogP contribution in [0.4, 0.5) is 0 Å². The molecule has 0 saturated heterocycles. The first-order valence-corrected chi connectivity index (χ1v) is 8.41. The van der Waals surface area contributed by atoms with E-state index in [1.165, 1.54) is 5.56 Å². The Morgan fingerprint density at radius 1 is 1.00 bits per heavy atom. The Hall–Kier alpha value is -2.04. The molecule has 1 unspecified atom stereocenters. The fraction of sp³-hybridized carbons (Fsp3) is 0.400. The van der Waals surface area contributed by atoms with Crippen molar-refractivity contribution in [3.05, 3.63) is 59.2 Å². The zero-order chi connectivity index (χ0) is 17.4. The van der Waals surface area contributed by atoms with Gasteiger partial charge in [-0.3, -0.25) is 0 Å². The van der Waals surface area contributed by atoms with Gasteiger partial charge in [0.05, 0.1) is 12.7 Å². The molecule has 2 N–H and O–H groups in total. The van der Waals surface area contributed by atoms with Crippen molar-refractivity contribution in [2.45, 2.75) is 40.0 Å². The molecule has 0 aliphatic heterocycles. The van der Waals surface area contributed by atoms with Gasteiger partial charge in [0.1, 0.15) is 6.61 Å². The Kier molecular flexibility index (Phi) is 7.09. The molecule has 4 nitrogen and oxygen atoms in total. The highest BCUT2D eigenvalue weighted by atomic mass is 16.5. The molecule has 2 rings (SSSR count). The molecule has 0 bridgehead atoms. The van der Waals surface area contributed by atoms with Gasteiger partial charge in [-0.25, -0.2) is 0 Å². The van der Waals surface area contributed by atoms with Crippen LogP contribution in [0, 0.1) is 6.92 Å². The highest BCUT2D eigenvalue weighted by Crippen LogP contribution is 2.29. The van der Waals surface area contributed by atoms with Crippen LogP contribution in [0.5, 0.6) is 11.5 Å². The average Bonchev–Trinajstić information content (AvgIpc) is 2.55. The lowest BCUT2D eigenvalue weighted by Gasteiger charge is -2.14. The molecule has 4 heteroatoms. The zero-order valence-corrected chi connectivity index (χ0v) is 14.7. The second kappa shape index (κ2) is 9.30. The maximum atomic E-state index is 9.30. The summed E-state index contributed by atoms with van der Waals surface area (Å²) in [6.07, 6.45) is -0.353. The summed E-state index contributed by atoms with van der Waals surface area (Å²) in [5, 5.41) is 12.5. The maximum absolute atomic E-state index is 9.30. The SMILES string of the molecule is CCOc1cc(CNCC(C)O)ccc1OCc1ccc(C)cc1. The van der Waals surface area contributed by atoms with Crippen molar-refractivity contribution in [3.63, 3.8) is 0 Å². The number of benzene rings is 2. The van der Waals surface area contributed by atoms with E-state index in [2.05, 4.69) is 36.5 Å². The molecular weight excluding hydrogens is 302 g/mol. The van der Waals surface area contributed by atoms with Crippen LogP contribution in [0.25, 0.3) is 0 Å². The summed E-state index contributed by atoms with van der Waals surface area (Å²) in [7, 11) is 0. The lowest BCUT2D eigenvalue weighted by molar-refractivity contribution is 0.191. The highest BCUT2D eigenvalue weighted by molar-refractivity contribution is 5.43. The summed E-state index contributed by atoms with van der Waals surface area (Å²) in [6.45, 7) is 8.15. The van der Waals surface area contributed by atoms with Gasteiger partial charge in [0.25, 0.3) is 0 Å². The molecule has 130 valence electrons. The number of aryl methyl sites for hydroxylation is 1. The Balaban J connectivity index is 2.01. The molecule has 0 spiro atoms. The molecule has 24 heavy (non-hydrogen) atoms. The third kappa shape index (κ3) is 5.87. The summed E-state index contributed by atoms with van der Waals surface area (Å²) >= 11 is 0. The van der Waals surface area contributed by atoms with Crippen molar-refractivity contribution < 1.29 is 14.6 Å². The second-order valence-electron chi connectivity index (χ2n) is 5.97. The largest absolute Gasteiger partial charge is 0.490 e. The minimum atomic E-state index is -0.353. The molecule has 2 aromatic carbocycles. The van der Waals surface area contributed by atoms with E-state index in [0.717, 1.165) is 22.6 Å². The molecule has 0 aliphatic rings. The number of aliphatic hydroxyl groups excluding tert-OH is 1. The van der Waals surface area contributed by atoms with Gasteiger partial charge in [-0.15, -0.1) is 0 Å². The number of nitrogens with one attached hydrogen (secondary N) is 1. The van der Waals surface area contributed by atoms with E-state index < -0.39 is 0 Å². The summed E-state index contributed by atoms with van der Waals surface area (Å²) in [5.41, 5.74) is 3.47. The molecule has 2 aromatic rings. The summed E-state index contributed by atoms with van der Waals surface area (Å²) in [5.74, 6) is 1.50. The zero-order valence-electron chi connectivity index (χ0n) is 14.7. The third-order valence-electron chi connectivity index (χ3n) is 3.59. The van der Waals surface area contributed by atoms with Crippen LogP contribution in [0.2, 0.25) is 0 Å². The van der Waals surface area contributed by atoms with Crippen LogP contribution in [0.1, 0.15) is 30.5 Å². The smallest absolute Gasteiger partial charge is 0.161 e. The van der Waals surface area contributed by atoms with Crippen molar-refractivity contribution in [2.24, 2.45) is 0 Å². The van der Waals surface area contributed by atoms with Crippen molar-refractivity contribution in [1.82, 2.24) is 5.32 Å². The molecule has 0 heterocycles. The quantitative estimate of drug-likeness (QED) is 0.740. The average molecular weight is 329 g/mol. The number of rotatable bonds is 9. The monoisotopic (exact) mass is 329 g/mol. The van der Waals surface area contributed by atoms with Gasteiger partial charge >= 0.3 is 0 Å². The van der Waals surface area contributed by atoms with Crippen molar-refractivity contribution in [3.8, 4) is 11.5 Å². The van der Waals surface area contributed by atoms with E-state index >= 15 is 0 Å². The first-order valence-electron chi connectivity index (χ1n) is 8.41. The van der Waals surface area contributed by atoms with E-state index in [0.29, 0.717) is 26.3 Å². The first-order chi connectivity index (χ1) is 11.6. The summed E-state index contributed by atoms with van der Waals surface area (Å²) in [6, 6.07) is 14.3. The maximum Gasteiger partial charge on any atom is 0.161 e. The molecule has 0 radical (unpaired) electrons. The van der Waals surface area contributed by atoms with E-state index in [1.54, 1.807) is 6.92 Å². The van der Waals surface area contributed by atoms with Crippen molar-refractivity contribution in [2.75, 3.05) is 13.2 Å². The molecule has 1 atom stereocenters. The van der Waals surface area contributed by atoms with E-state index in [4.69, 9.17) is 9.47 Å². The predicted octanol–water partition coefficient (Wildman–Crippen LogP) is 3.44. The van der Waals surface area contributed by atoms with E-state index in [1.807, 2.05) is 25.1 Å². The van der Waals surface area contributed by atoms with Crippen molar-refractivity contribution in [1.29, 1.82) is 0 Å². The van der Waals surface area contributed by atoms with Gasteiger partial charge in [-0.05, 0) is 44.0 Å². The third-order valence-corrected chi connectivity index (χ3v) is 3.59. The number of aliphatic hydroxyl groups is 1. The fourth-order valence-corrected chi connectivity index (χ4v) is 2.32. The van der Waals surface area contributed by atoms with Crippen LogP contribution in [0.3, 0.4) is 0 Å². The molecule has 0 amide bonds. The lowest BCUT2D eigenvalue weighted by Crippen LogP contribution is -2.23. The van der Waals surface area contributed by atoms with Crippen LogP contribution in [-0.4, -0.2) is 24.4 Å². The van der Waals surface area contributed by atoms with Crippen LogP contribution < -0.4 is 14.8 Å². The van der Waals surface area contributed by atoms with Gasteiger partial charge in [-0.2, -0.15) is 0 Å². The Morgan fingerprint density at radius 3 is 2.38 bits per heavy atom. The summed E-state index contributed by atoms with van der Waals surface area (Å²) < 4.78 is 11.6. The Labute approximate surface area is 144 Å². The van der Waals surface area contributed by atoms with Gasteiger partial charge in [0.2, 0.25) is 0 Å². The first kappa shape index (κ1) is 18.3. The minimum absolute atomic E-state index is 0.353. The van der Waals surface area contributed by atoms with Crippen LogP contribution in [-0.2, 0) is 13.2 Å². The lowest BCUT2D eigenvalue weighted by atomic mass is 10.1. The highest BCUT2D eigenvalue weighted by Gasteiger charge is 2.07. The molecular formula is C20H27NO3. The summed E-state index contributed by atoms with van der Waals surface area (Å²) in [4.78, 5) is 0. The normalized spacial score (nSPS) is 12.0. The van der Waals surface area contributed by atoms with Crippen LogP contribution in [0.15, 0.2) is 42.5 Å². The molecule has 0 aliphatic carbocycles. The Morgan fingerprint density at radius 2 is 1.71 bits per heavy atom. The van der Waals surface area contributed by atoms with E-state index in [-0.39, 0.29) is 6.10 Å². The number of hydrogen-bond donors (Lipinski definition) is 2. The minimum Gasteiger partial charge on any atom is -0.490 e. The Bertz CT molecular complexity index is 623.